The molecule has 2 aliphatic heterocycles. The van der Waals surface area contributed by atoms with Crippen LogP contribution < -0.4 is 5.32 Å². The fourth-order valence-corrected chi connectivity index (χ4v) is 3.25. The number of benzene rings is 1. The van der Waals surface area contributed by atoms with Crippen LogP contribution in [0, 0.1) is 0 Å². The van der Waals surface area contributed by atoms with Crippen molar-refractivity contribution in [2.24, 2.45) is 0 Å². The lowest BCUT2D eigenvalue weighted by molar-refractivity contribution is -0.126. The van der Waals surface area contributed by atoms with E-state index >= 15 is 0 Å². The van der Waals surface area contributed by atoms with Crippen LogP contribution in [0.4, 0.5) is 0 Å². The molecule has 0 saturated carbocycles. The van der Waals surface area contributed by atoms with Gasteiger partial charge in [0.15, 0.2) is 11.3 Å². The number of carbonyl (C=O) groups excluding carboxylic acids is 1. The summed E-state index contributed by atoms with van der Waals surface area (Å²) in [4.78, 5) is 13.6. The third-order valence-electron chi connectivity index (χ3n) is 3.97. The van der Waals surface area contributed by atoms with E-state index < -0.39 is 37.2 Å². The number of carbonyl (C=O) groups is 1. The first-order chi connectivity index (χ1) is 10.9. The van der Waals surface area contributed by atoms with Gasteiger partial charge in [0.1, 0.15) is 24.4 Å². The summed E-state index contributed by atoms with van der Waals surface area (Å²) in [6.45, 7) is -0.456. The Kier molecular flexibility index (Phi) is 4.54. The van der Waals surface area contributed by atoms with Gasteiger partial charge >= 0.3 is 0 Å². The van der Waals surface area contributed by atoms with Crippen LogP contribution in [0.25, 0.3) is 0 Å². The van der Waals surface area contributed by atoms with E-state index in [0.717, 1.165) is 0 Å². The van der Waals surface area contributed by atoms with E-state index in [-0.39, 0.29) is 11.0 Å². The van der Waals surface area contributed by atoms with Crippen molar-refractivity contribution >= 4 is 34.8 Å². The van der Waals surface area contributed by atoms with Crippen molar-refractivity contribution in [3.63, 3.8) is 0 Å². The lowest BCUT2D eigenvalue weighted by Gasteiger charge is -2.31. The molecule has 23 heavy (non-hydrogen) atoms. The van der Waals surface area contributed by atoms with E-state index in [2.05, 4.69) is 5.32 Å². The number of halogens is 1. The molecule has 7 nitrogen and oxygen atoms in total. The first-order valence-electron chi connectivity index (χ1n) is 6.95. The highest BCUT2D eigenvalue weighted by atomic mass is 35.5. The van der Waals surface area contributed by atoms with Crippen molar-refractivity contribution in [3.8, 4) is 0 Å². The Morgan fingerprint density at radius 2 is 1.91 bits per heavy atom. The van der Waals surface area contributed by atoms with Crippen LogP contribution in [0.1, 0.15) is 11.6 Å². The number of aliphatic hydroxyl groups is 3. The molecule has 5 atom stereocenters. The molecule has 1 aromatic carbocycles. The van der Waals surface area contributed by atoms with Gasteiger partial charge < -0.3 is 30.3 Å². The van der Waals surface area contributed by atoms with Gasteiger partial charge in [-0.2, -0.15) is 0 Å². The minimum absolute atomic E-state index is 0.0878. The van der Waals surface area contributed by atoms with Crippen molar-refractivity contribution in [2.45, 2.75) is 30.6 Å². The van der Waals surface area contributed by atoms with E-state index in [1.54, 1.807) is 24.3 Å². The Labute approximate surface area is 142 Å². The molecule has 0 spiro atoms. The first kappa shape index (κ1) is 16.6. The fraction of sp³-hybridized carbons (Fsp3) is 0.429. The summed E-state index contributed by atoms with van der Waals surface area (Å²) in [5.74, 6) is -0.366. The fourth-order valence-electron chi connectivity index (χ4n) is 2.81. The average Bonchev–Trinajstić information content (AvgIpc) is 2.97. The molecule has 0 radical (unpaired) electrons. The molecule has 3 rings (SSSR count). The zero-order valence-corrected chi connectivity index (χ0v) is 13.4. The lowest BCUT2D eigenvalue weighted by atomic mass is 10.0. The van der Waals surface area contributed by atoms with Gasteiger partial charge in [0.05, 0.1) is 6.61 Å². The van der Waals surface area contributed by atoms with Crippen molar-refractivity contribution in [2.75, 3.05) is 6.61 Å². The van der Waals surface area contributed by atoms with Gasteiger partial charge in [0.2, 0.25) is 0 Å². The maximum Gasteiger partial charge on any atom is 0.253 e. The topological polar surface area (TPSA) is 102 Å². The smallest absolute Gasteiger partial charge is 0.253 e. The van der Waals surface area contributed by atoms with Gasteiger partial charge in [0.25, 0.3) is 5.91 Å². The lowest BCUT2D eigenvalue weighted by Crippen LogP contribution is -2.46. The summed E-state index contributed by atoms with van der Waals surface area (Å²) in [6.07, 6.45) is -4.57. The average molecular weight is 359 g/mol. The van der Waals surface area contributed by atoms with Gasteiger partial charge in [-0.25, -0.2) is 0 Å². The Bertz CT molecular complexity index is 628. The second-order valence-electron chi connectivity index (χ2n) is 5.38. The van der Waals surface area contributed by atoms with Crippen molar-refractivity contribution in [1.29, 1.82) is 0 Å². The number of hydrogen-bond acceptors (Lipinski definition) is 6. The quantitative estimate of drug-likeness (QED) is 0.542. The molecule has 2 fully saturated rings. The van der Waals surface area contributed by atoms with Gasteiger partial charge in [0, 0.05) is 5.02 Å². The van der Waals surface area contributed by atoms with Gasteiger partial charge in [-0.1, -0.05) is 23.7 Å². The third-order valence-corrected chi connectivity index (χ3v) is 4.53. The number of rotatable bonds is 3. The van der Waals surface area contributed by atoms with Crippen molar-refractivity contribution in [1.82, 2.24) is 10.2 Å². The van der Waals surface area contributed by atoms with Crippen LogP contribution in [0.5, 0.6) is 0 Å². The second kappa shape index (κ2) is 6.31. The maximum absolute atomic E-state index is 12.3. The van der Waals surface area contributed by atoms with Crippen LogP contribution in [0.15, 0.2) is 24.3 Å². The number of thiocarbonyl (C=S) groups is 1. The van der Waals surface area contributed by atoms with E-state index in [4.69, 9.17) is 28.6 Å². The normalized spacial score (nSPS) is 34.1. The molecule has 2 saturated heterocycles. The Balaban J connectivity index is 1.94. The second-order valence-corrected chi connectivity index (χ2v) is 6.21. The van der Waals surface area contributed by atoms with Crippen molar-refractivity contribution < 1.29 is 24.9 Å². The van der Waals surface area contributed by atoms with E-state index in [0.29, 0.717) is 10.6 Å². The molecular weight excluding hydrogens is 344 g/mol. The summed E-state index contributed by atoms with van der Waals surface area (Å²) in [6, 6.07) is 5.81. The summed E-state index contributed by atoms with van der Waals surface area (Å²) in [5, 5.41) is 32.4. The van der Waals surface area contributed by atoms with Crippen LogP contribution in [0.3, 0.4) is 0 Å². The highest BCUT2D eigenvalue weighted by Crippen LogP contribution is 2.34. The number of amides is 1. The molecular formula is C14H15ClN2O5S. The number of aliphatic hydroxyl groups excluding tert-OH is 3. The molecule has 2 heterocycles. The molecule has 124 valence electrons. The zero-order valence-electron chi connectivity index (χ0n) is 11.8. The predicted molar refractivity (Wildman–Crippen MR) is 84.5 cm³/mol. The number of hydrogen-bond donors (Lipinski definition) is 4. The minimum Gasteiger partial charge on any atom is -0.394 e. The third kappa shape index (κ3) is 2.82. The molecule has 0 aromatic heterocycles. The highest BCUT2D eigenvalue weighted by molar-refractivity contribution is 7.80. The van der Waals surface area contributed by atoms with Crippen LogP contribution in [-0.2, 0) is 9.53 Å². The molecule has 1 aromatic rings. The Hall–Kier alpha value is -1.29. The van der Waals surface area contributed by atoms with Crippen LogP contribution in [-0.4, -0.2) is 62.4 Å². The molecule has 1 unspecified atom stereocenters. The molecule has 0 aliphatic carbocycles. The largest absolute Gasteiger partial charge is 0.394 e. The molecule has 2 aliphatic rings. The zero-order chi connectivity index (χ0) is 16.7. The van der Waals surface area contributed by atoms with Gasteiger partial charge in [-0.3, -0.25) is 4.79 Å². The molecule has 0 bridgehead atoms. The van der Waals surface area contributed by atoms with E-state index in [9.17, 15) is 20.1 Å². The monoisotopic (exact) mass is 358 g/mol. The van der Waals surface area contributed by atoms with Crippen molar-refractivity contribution in [3.05, 3.63) is 34.9 Å². The standard InChI is InChI=1S/C14H15ClN2O5S/c15-7-3-1-6(2-4-7)9-12(21)16-14(23)17(9)13-11(20)10(19)8(5-18)22-13/h1-4,8-11,13,18-20H,5H2,(H,16,21,23)/t8-,9?,10-,11-,13-/m1/s1. The van der Waals surface area contributed by atoms with E-state index in [1.165, 1.54) is 4.90 Å². The maximum atomic E-state index is 12.3. The highest BCUT2D eigenvalue weighted by Gasteiger charge is 2.51. The molecule has 9 heteroatoms. The SMILES string of the molecule is O=C1NC(=S)N([C@@H]2O[C@H](CO)[C@@H](O)[C@H]2O)C1c1ccc(Cl)cc1. The first-order valence-corrected chi connectivity index (χ1v) is 7.73. The van der Waals surface area contributed by atoms with Gasteiger partial charge in [-0.15, -0.1) is 0 Å². The summed E-state index contributed by atoms with van der Waals surface area (Å²) in [5.41, 5.74) is 0.615. The summed E-state index contributed by atoms with van der Waals surface area (Å²) in [7, 11) is 0. The Morgan fingerprint density at radius 1 is 1.26 bits per heavy atom. The summed E-state index contributed by atoms with van der Waals surface area (Å²) >= 11 is 11.0. The van der Waals surface area contributed by atoms with Crippen LogP contribution in [0.2, 0.25) is 5.02 Å². The van der Waals surface area contributed by atoms with Crippen LogP contribution >= 0.6 is 23.8 Å². The number of nitrogens with zero attached hydrogens (tertiary/aromatic N) is 1. The number of nitrogens with one attached hydrogen (secondary N) is 1. The molecule has 4 N–H and O–H groups in total. The summed E-state index contributed by atoms with van der Waals surface area (Å²) < 4.78 is 5.48. The molecule has 1 amide bonds. The van der Waals surface area contributed by atoms with E-state index in [1.807, 2.05) is 0 Å². The number of ether oxygens (including phenoxy) is 1. The van der Waals surface area contributed by atoms with Gasteiger partial charge in [-0.05, 0) is 29.9 Å². The predicted octanol–water partition coefficient (Wildman–Crippen LogP) is -0.463. The minimum atomic E-state index is -1.31. The Morgan fingerprint density at radius 3 is 2.48 bits per heavy atom.